The van der Waals surface area contributed by atoms with E-state index >= 15 is 0 Å². The molecule has 0 spiro atoms. The fourth-order valence-corrected chi connectivity index (χ4v) is 1.66. The third-order valence-electron chi connectivity index (χ3n) is 2.45. The van der Waals surface area contributed by atoms with Crippen LogP contribution in [0.3, 0.4) is 0 Å². The molecule has 0 saturated heterocycles. The summed E-state index contributed by atoms with van der Waals surface area (Å²) in [7, 11) is 0. The van der Waals surface area contributed by atoms with Crippen molar-refractivity contribution in [2.75, 3.05) is 6.61 Å². The van der Waals surface area contributed by atoms with Gasteiger partial charge in [-0.05, 0) is 18.6 Å². The summed E-state index contributed by atoms with van der Waals surface area (Å²) in [4.78, 5) is 33.0. The lowest BCUT2D eigenvalue weighted by Gasteiger charge is -2.07. The molecule has 1 aliphatic rings. The monoisotopic (exact) mass is 233 g/mol. The van der Waals surface area contributed by atoms with Gasteiger partial charge in [0.1, 0.15) is 12.0 Å². The van der Waals surface area contributed by atoms with Crippen LogP contribution >= 0.6 is 0 Å². The maximum absolute atomic E-state index is 11.5. The Morgan fingerprint density at radius 3 is 2.82 bits per heavy atom. The highest BCUT2D eigenvalue weighted by Gasteiger charge is 2.29. The van der Waals surface area contributed by atoms with Crippen molar-refractivity contribution in [3.05, 3.63) is 29.3 Å². The number of imide groups is 1. The standard InChI is InChI=1S/C12H11NO4/c14-6-1-2-7-17-9-5-3-4-8-10(9)12(16)13-11(8)15/h3-6H,1-2,7H2,(H,13,15,16). The van der Waals surface area contributed by atoms with Gasteiger partial charge in [0.25, 0.3) is 11.8 Å². The van der Waals surface area contributed by atoms with Gasteiger partial charge < -0.3 is 9.53 Å². The van der Waals surface area contributed by atoms with Gasteiger partial charge in [-0.1, -0.05) is 6.07 Å². The van der Waals surface area contributed by atoms with E-state index in [1.807, 2.05) is 0 Å². The molecule has 0 radical (unpaired) electrons. The molecule has 2 amide bonds. The van der Waals surface area contributed by atoms with Gasteiger partial charge in [-0.2, -0.15) is 0 Å². The second kappa shape index (κ2) is 4.78. The van der Waals surface area contributed by atoms with Gasteiger partial charge in [0, 0.05) is 6.42 Å². The van der Waals surface area contributed by atoms with Crippen LogP contribution in [0.2, 0.25) is 0 Å². The van der Waals surface area contributed by atoms with Gasteiger partial charge in [0.05, 0.1) is 17.7 Å². The summed E-state index contributed by atoms with van der Waals surface area (Å²) < 4.78 is 5.40. The Hall–Kier alpha value is -2.17. The molecule has 5 heteroatoms. The molecule has 1 aromatic carbocycles. The summed E-state index contributed by atoms with van der Waals surface area (Å²) >= 11 is 0. The lowest BCUT2D eigenvalue weighted by atomic mass is 10.1. The number of rotatable bonds is 5. The number of aldehydes is 1. The minimum absolute atomic E-state index is 0.281. The van der Waals surface area contributed by atoms with Crippen molar-refractivity contribution >= 4 is 18.1 Å². The zero-order valence-corrected chi connectivity index (χ0v) is 9.06. The smallest absolute Gasteiger partial charge is 0.262 e. The van der Waals surface area contributed by atoms with Gasteiger partial charge in [0.15, 0.2) is 0 Å². The van der Waals surface area contributed by atoms with E-state index in [4.69, 9.17) is 4.74 Å². The number of fused-ring (bicyclic) bond motifs is 1. The SMILES string of the molecule is O=CCCCOc1cccc2c1C(=O)NC2=O. The number of ether oxygens (including phenoxy) is 1. The number of benzene rings is 1. The third-order valence-corrected chi connectivity index (χ3v) is 2.45. The summed E-state index contributed by atoms with van der Waals surface area (Å²) in [5.74, 6) is -0.448. The van der Waals surface area contributed by atoms with Crippen LogP contribution in [0, 0.1) is 0 Å². The van der Waals surface area contributed by atoms with Crippen LogP contribution in [0.15, 0.2) is 18.2 Å². The molecule has 2 rings (SSSR count). The first kappa shape index (κ1) is 11.3. The molecular weight excluding hydrogens is 222 g/mol. The molecule has 5 nitrogen and oxygen atoms in total. The first-order valence-corrected chi connectivity index (χ1v) is 5.29. The van der Waals surface area contributed by atoms with E-state index in [0.717, 1.165) is 6.29 Å². The second-order valence-electron chi connectivity index (χ2n) is 3.62. The predicted octanol–water partition coefficient (Wildman–Crippen LogP) is 0.928. The highest BCUT2D eigenvalue weighted by Crippen LogP contribution is 2.26. The van der Waals surface area contributed by atoms with Gasteiger partial charge in [-0.25, -0.2) is 0 Å². The van der Waals surface area contributed by atoms with Crippen LogP contribution in [0.4, 0.5) is 0 Å². The van der Waals surface area contributed by atoms with Crippen LogP contribution < -0.4 is 10.1 Å². The highest BCUT2D eigenvalue weighted by molar-refractivity contribution is 6.22. The molecule has 1 aromatic rings. The topological polar surface area (TPSA) is 72.5 Å². The Morgan fingerprint density at radius 1 is 1.24 bits per heavy atom. The molecule has 0 fully saturated rings. The van der Waals surface area contributed by atoms with Crippen LogP contribution in [0.1, 0.15) is 33.6 Å². The van der Waals surface area contributed by atoms with Crippen molar-refractivity contribution in [3.8, 4) is 5.75 Å². The quantitative estimate of drug-likeness (QED) is 0.466. The lowest BCUT2D eigenvalue weighted by Crippen LogP contribution is -2.20. The summed E-state index contributed by atoms with van der Waals surface area (Å²) in [5.41, 5.74) is 0.617. The largest absolute Gasteiger partial charge is 0.493 e. The minimum Gasteiger partial charge on any atom is -0.493 e. The van der Waals surface area contributed by atoms with Crippen LogP contribution in [0.5, 0.6) is 5.75 Å². The number of unbranched alkanes of at least 4 members (excludes halogenated alkanes) is 1. The van der Waals surface area contributed by atoms with E-state index in [2.05, 4.69) is 5.32 Å². The third kappa shape index (κ3) is 2.18. The lowest BCUT2D eigenvalue weighted by molar-refractivity contribution is -0.108. The Morgan fingerprint density at radius 2 is 2.06 bits per heavy atom. The van der Waals surface area contributed by atoms with Crippen molar-refractivity contribution in [1.82, 2.24) is 5.32 Å². The van der Waals surface area contributed by atoms with E-state index < -0.39 is 11.8 Å². The number of carbonyl (C=O) groups excluding carboxylic acids is 3. The van der Waals surface area contributed by atoms with E-state index in [1.54, 1.807) is 18.2 Å². The number of nitrogens with one attached hydrogen (secondary N) is 1. The van der Waals surface area contributed by atoms with Crippen molar-refractivity contribution < 1.29 is 19.1 Å². The maximum Gasteiger partial charge on any atom is 0.262 e. The molecule has 17 heavy (non-hydrogen) atoms. The number of carbonyl (C=O) groups is 3. The first-order valence-electron chi connectivity index (χ1n) is 5.29. The van der Waals surface area contributed by atoms with Gasteiger partial charge in [-0.15, -0.1) is 0 Å². The summed E-state index contributed by atoms with van der Waals surface area (Å²) in [6.07, 6.45) is 1.82. The Bertz CT molecular complexity index is 481. The van der Waals surface area contributed by atoms with Crippen molar-refractivity contribution in [1.29, 1.82) is 0 Å². The Kier molecular flexibility index (Phi) is 3.18. The summed E-state index contributed by atoms with van der Waals surface area (Å²) in [5, 5.41) is 2.21. The zero-order chi connectivity index (χ0) is 12.3. The number of amides is 2. The first-order chi connectivity index (χ1) is 8.24. The normalized spacial score (nSPS) is 13.2. The fourth-order valence-electron chi connectivity index (χ4n) is 1.66. The average molecular weight is 233 g/mol. The molecule has 1 aliphatic heterocycles. The molecular formula is C12H11NO4. The second-order valence-corrected chi connectivity index (χ2v) is 3.62. The zero-order valence-electron chi connectivity index (χ0n) is 9.06. The minimum atomic E-state index is -0.434. The van der Waals surface area contributed by atoms with Crippen molar-refractivity contribution in [2.24, 2.45) is 0 Å². The van der Waals surface area contributed by atoms with Crippen LogP contribution in [0.25, 0.3) is 0 Å². The molecule has 0 bridgehead atoms. The maximum atomic E-state index is 11.5. The molecule has 0 aliphatic carbocycles. The highest BCUT2D eigenvalue weighted by atomic mass is 16.5. The Balaban J connectivity index is 2.16. The molecule has 1 N–H and O–H groups in total. The number of hydrogen-bond acceptors (Lipinski definition) is 4. The summed E-state index contributed by atoms with van der Waals surface area (Å²) in [6.45, 7) is 0.344. The van der Waals surface area contributed by atoms with Gasteiger partial charge >= 0.3 is 0 Å². The van der Waals surface area contributed by atoms with Crippen molar-refractivity contribution in [3.63, 3.8) is 0 Å². The number of hydrogen-bond donors (Lipinski definition) is 1. The molecule has 0 unspecified atom stereocenters. The Labute approximate surface area is 97.8 Å². The predicted molar refractivity (Wildman–Crippen MR) is 59.0 cm³/mol. The van der Waals surface area contributed by atoms with E-state index in [9.17, 15) is 14.4 Å². The average Bonchev–Trinajstić information content (AvgIpc) is 2.62. The molecule has 1 heterocycles. The molecule has 0 aromatic heterocycles. The molecule has 0 saturated carbocycles. The summed E-state index contributed by atoms with van der Waals surface area (Å²) in [6, 6.07) is 4.87. The van der Waals surface area contributed by atoms with Gasteiger partial charge in [0.2, 0.25) is 0 Å². The molecule has 88 valence electrons. The van der Waals surface area contributed by atoms with E-state index in [0.29, 0.717) is 30.8 Å². The molecule has 0 atom stereocenters. The van der Waals surface area contributed by atoms with Gasteiger partial charge in [-0.3, -0.25) is 14.9 Å². The van der Waals surface area contributed by atoms with Crippen LogP contribution in [-0.2, 0) is 4.79 Å². The van der Waals surface area contributed by atoms with Crippen LogP contribution in [-0.4, -0.2) is 24.7 Å². The fraction of sp³-hybridized carbons (Fsp3) is 0.250. The van der Waals surface area contributed by atoms with E-state index in [-0.39, 0.29) is 5.56 Å². The van der Waals surface area contributed by atoms with Crippen molar-refractivity contribution in [2.45, 2.75) is 12.8 Å². The van der Waals surface area contributed by atoms with E-state index in [1.165, 1.54) is 0 Å².